The molecule has 1 aromatic rings. The molecule has 0 spiro atoms. The van der Waals surface area contributed by atoms with E-state index in [1.165, 1.54) is 0 Å². The fraction of sp³-hybridized carbons (Fsp3) is 0.250. The number of benzene rings is 1. The summed E-state index contributed by atoms with van der Waals surface area (Å²) >= 11 is 1.66. The largest absolute Gasteiger partial charge is 0.279 e. The first-order valence-electron chi connectivity index (χ1n) is 4.45. The van der Waals surface area contributed by atoms with Crippen LogP contribution >= 0.6 is 11.8 Å². The summed E-state index contributed by atoms with van der Waals surface area (Å²) in [5.74, 6) is 5.26. The Morgan fingerprint density at radius 2 is 2.00 bits per heavy atom. The van der Waals surface area contributed by atoms with Gasteiger partial charge in [-0.1, -0.05) is 12.8 Å². The van der Waals surface area contributed by atoms with Crippen LogP contribution in [-0.4, -0.2) is 12.0 Å². The zero-order chi connectivity index (χ0) is 10.4. The van der Waals surface area contributed by atoms with Crippen molar-refractivity contribution in [3.63, 3.8) is 0 Å². The number of hydrogen-bond acceptors (Lipinski definition) is 2. The van der Waals surface area contributed by atoms with Crippen LogP contribution in [0, 0.1) is 11.8 Å². The maximum absolute atomic E-state index is 11.4. The van der Waals surface area contributed by atoms with Crippen LogP contribution in [0.1, 0.15) is 23.7 Å². The Balaban J connectivity index is 2.81. The third-order valence-corrected chi connectivity index (χ3v) is 2.47. The highest BCUT2D eigenvalue weighted by Gasteiger charge is 2.00. The van der Waals surface area contributed by atoms with E-state index in [2.05, 4.69) is 11.8 Å². The van der Waals surface area contributed by atoms with Gasteiger partial charge in [-0.2, -0.15) is 0 Å². The summed E-state index contributed by atoms with van der Waals surface area (Å²) in [6, 6.07) is 7.51. The van der Waals surface area contributed by atoms with Crippen molar-refractivity contribution in [1.29, 1.82) is 0 Å². The van der Waals surface area contributed by atoms with E-state index in [1.54, 1.807) is 11.8 Å². The van der Waals surface area contributed by atoms with E-state index >= 15 is 0 Å². The normalized spacial score (nSPS) is 9.00. The Hall–Kier alpha value is -1.20. The Kier molecular flexibility index (Phi) is 4.28. The fourth-order valence-electron chi connectivity index (χ4n) is 0.983. The number of ketones is 1. The number of carbonyl (C=O) groups excluding carboxylic acids is 1. The van der Waals surface area contributed by atoms with Gasteiger partial charge in [0.1, 0.15) is 0 Å². The summed E-state index contributed by atoms with van der Waals surface area (Å²) < 4.78 is 0. The number of thioether (sulfide) groups is 1. The quantitative estimate of drug-likeness (QED) is 0.319. The van der Waals surface area contributed by atoms with E-state index in [4.69, 9.17) is 0 Å². The van der Waals surface area contributed by atoms with Gasteiger partial charge in [0.2, 0.25) is 5.78 Å². The third-order valence-electron chi connectivity index (χ3n) is 1.73. The molecule has 14 heavy (non-hydrogen) atoms. The Morgan fingerprint density at radius 3 is 2.50 bits per heavy atom. The van der Waals surface area contributed by atoms with Gasteiger partial charge in [-0.15, -0.1) is 11.8 Å². The standard InChI is InChI=1S/C12H12OS/c1-3-4-5-12(13)10-6-8-11(14-2)9-7-10/h6-9H,3H2,1-2H3. The second-order valence-corrected chi connectivity index (χ2v) is 3.59. The van der Waals surface area contributed by atoms with Crippen molar-refractivity contribution in [2.45, 2.75) is 18.2 Å². The molecule has 0 fully saturated rings. The average Bonchev–Trinajstić information content (AvgIpc) is 2.26. The molecule has 1 rings (SSSR count). The van der Waals surface area contributed by atoms with Crippen LogP contribution in [0.25, 0.3) is 0 Å². The summed E-state index contributed by atoms with van der Waals surface area (Å²) in [7, 11) is 0. The maximum atomic E-state index is 11.4. The van der Waals surface area contributed by atoms with E-state index in [0.717, 1.165) is 4.90 Å². The molecule has 2 heteroatoms. The number of hydrogen-bond donors (Lipinski definition) is 0. The molecule has 0 unspecified atom stereocenters. The molecule has 0 aliphatic rings. The molecule has 1 aromatic carbocycles. The van der Waals surface area contributed by atoms with Crippen molar-refractivity contribution in [3.05, 3.63) is 29.8 Å². The first-order valence-corrected chi connectivity index (χ1v) is 5.67. The predicted molar refractivity (Wildman–Crippen MR) is 60.6 cm³/mol. The molecule has 72 valence electrons. The molecule has 0 aromatic heterocycles. The lowest BCUT2D eigenvalue weighted by Crippen LogP contribution is -1.93. The summed E-state index contributed by atoms with van der Waals surface area (Å²) in [5, 5.41) is 0. The molecule has 0 aliphatic carbocycles. The van der Waals surface area contributed by atoms with Crippen molar-refractivity contribution < 1.29 is 4.79 Å². The van der Waals surface area contributed by atoms with Gasteiger partial charge < -0.3 is 0 Å². The zero-order valence-electron chi connectivity index (χ0n) is 8.33. The average molecular weight is 204 g/mol. The van der Waals surface area contributed by atoms with Gasteiger partial charge in [0.15, 0.2) is 0 Å². The highest BCUT2D eigenvalue weighted by molar-refractivity contribution is 7.98. The number of carbonyl (C=O) groups is 1. The third kappa shape index (κ3) is 2.93. The molecule has 0 aliphatic heterocycles. The van der Waals surface area contributed by atoms with Crippen LogP contribution in [0.5, 0.6) is 0 Å². The van der Waals surface area contributed by atoms with E-state index in [0.29, 0.717) is 12.0 Å². The second-order valence-electron chi connectivity index (χ2n) is 2.71. The molecule has 1 nitrogen and oxygen atoms in total. The molecule has 0 saturated heterocycles. The Bertz CT molecular complexity index is 368. The molecule has 0 amide bonds. The van der Waals surface area contributed by atoms with Gasteiger partial charge in [0.25, 0.3) is 0 Å². The monoisotopic (exact) mass is 204 g/mol. The number of Topliss-reactive ketones (excluding diaryl/α,β-unsaturated/α-hetero) is 1. The topological polar surface area (TPSA) is 17.1 Å². The molecule has 0 radical (unpaired) electrons. The van der Waals surface area contributed by atoms with Crippen molar-refractivity contribution in [2.75, 3.05) is 6.26 Å². The molecular formula is C12H12OS. The highest BCUT2D eigenvalue weighted by Crippen LogP contribution is 2.14. The van der Waals surface area contributed by atoms with Gasteiger partial charge in [0, 0.05) is 16.9 Å². The lowest BCUT2D eigenvalue weighted by Gasteiger charge is -1.96. The van der Waals surface area contributed by atoms with E-state index in [9.17, 15) is 4.79 Å². The molecule has 0 atom stereocenters. The lowest BCUT2D eigenvalue weighted by atomic mass is 10.1. The molecular weight excluding hydrogens is 192 g/mol. The fourth-order valence-corrected chi connectivity index (χ4v) is 1.39. The Morgan fingerprint density at radius 1 is 1.36 bits per heavy atom. The van der Waals surface area contributed by atoms with Crippen LogP contribution in [0.3, 0.4) is 0 Å². The minimum atomic E-state index is -0.0977. The number of rotatable bonds is 2. The smallest absolute Gasteiger partial charge is 0.235 e. The summed E-state index contributed by atoms with van der Waals surface area (Å²) in [6.45, 7) is 1.93. The molecule has 0 N–H and O–H groups in total. The summed E-state index contributed by atoms with van der Waals surface area (Å²) in [6.07, 6.45) is 2.72. The van der Waals surface area contributed by atoms with Crippen LogP contribution in [0.2, 0.25) is 0 Å². The van der Waals surface area contributed by atoms with Gasteiger partial charge >= 0.3 is 0 Å². The Labute approximate surface area is 88.9 Å². The highest BCUT2D eigenvalue weighted by atomic mass is 32.2. The summed E-state index contributed by atoms with van der Waals surface area (Å²) in [5.41, 5.74) is 0.670. The van der Waals surface area contributed by atoms with Crippen molar-refractivity contribution in [2.24, 2.45) is 0 Å². The van der Waals surface area contributed by atoms with Crippen LogP contribution in [0.4, 0.5) is 0 Å². The minimum absolute atomic E-state index is 0.0977. The maximum Gasteiger partial charge on any atom is 0.235 e. The van der Waals surface area contributed by atoms with Gasteiger partial charge in [-0.25, -0.2) is 0 Å². The van der Waals surface area contributed by atoms with Gasteiger partial charge in [-0.05, 0) is 36.4 Å². The van der Waals surface area contributed by atoms with Crippen LogP contribution in [-0.2, 0) is 0 Å². The molecule has 0 saturated carbocycles. The van der Waals surface area contributed by atoms with E-state index in [-0.39, 0.29) is 5.78 Å². The first-order chi connectivity index (χ1) is 6.77. The van der Waals surface area contributed by atoms with Gasteiger partial charge in [0.05, 0.1) is 0 Å². The predicted octanol–water partition coefficient (Wildman–Crippen LogP) is 3.00. The van der Waals surface area contributed by atoms with E-state index < -0.39 is 0 Å². The van der Waals surface area contributed by atoms with Crippen molar-refractivity contribution in [1.82, 2.24) is 0 Å². The van der Waals surface area contributed by atoms with Crippen molar-refractivity contribution in [3.8, 4) is 11.8 Å². The molecule has 0 heterocycles. The lowest BCUT2D eigenvalue weighted by molar-refractivity contribution is 0.105. The van der Waals surface area contributed by atoms with Crippen LogP contribution < -0.4 is 0 Å². The van der Waals surface area contributed by atoms with Crippen LogP contribution in [0.15, 0.2) is 29.2 Å². The summed E-state index contributed by atoms with van der Waals surface area (Å²) in [4.78, 5) is 12.6. The SMILES string of the molecule is CCC#CC(=O)c1ccc(SC)cc1. The second kappa shape index (κ2) is 5.51. The van der Waals surface area contributed by atoms with E-state index in [1.807, 2.05) is 37.4 Å². The van der Waals surface area contributed by atoms with Crippen molar-refractivity contribution >= 4 is 17.5 Å². The van der Waals surface area contributed by atoms with Gasteiger partial charge in [-0.3, -0.25) is 4.79 Å². The zero-order valence-corrected chi connectivity index (χ0v) is 9.15. The minimum Gasteiger partial charge on any atom is -0.279 e. The first kappa shape index (κ1) is 10.9. The molecule has 0 bridgehead atoms.